The lowest BCUT2D eigenvalue weighted by molar-refractivity contribution is -0.132. The van der Waals surface area contributed by atoms with Crippen molar-refractivity contribution in [3.05, 3.63) is 35.4 Å². The van der Waals surface area contributed by atoms with E-state index in [1.807, 2.05) is 11.0 Å². The van der Waals surface area contributed by atoms with Gasteiger partial charge in [-0.3, -0.25) is 9.69 Å². The molecule has 1 atom stereocenters. The van der Waals surface area contributed by atoms with Crippen LogP contribution in [0.1, 0.15) is 36.8 Å². The Kier molecular flexibility index (Phi) is 5.11. The van der Waals surface area contributed by atoms with Gasteiger partial charge in [-0.1, -0.05) is 30.7 Å². The highest BCUT2D eigenvalue weighted by Crippen LogP contribution is 2.20. The summed E-state index contributed by atoms with van der Waals surface area (Å²) in [6, 6.07) is 8.66. The second kappa shape index (κ2) is 7.25. The van der Waals surface area contributed by atoms with Gasteiger partial charge in [-0.05, 0) is 36.9 Å². The molecule has 2 heterocycles. The van der Waals surface area contributed by atoms with Gasteiger partial charge in [0, 0.05) is 32.1 Å². The minimum Gasteiger partial charge on any atom is -0.395 e. The average Bonchev–Trinajstić information content (AvgIpc) is 2.59. The number of fused-ring (bicyclic) bond motifs is 1. The summed E-state index contributed by atoms with van der Waals surface area (Å²) in [4.78, 5) is 16.8. The molecule has 4 heteroatoms. The molecule has 2 aliphatic rings. The van der Waals surface area contributed by atoms with Crippen LogP contribution >= 0.6 is 0 Å². The molecule has 1 fully saturated rings. The third kappa shape index (κ3) is 3.50. The van der Waals surface area contributed by atoms with Crippen LogP contribution in [0.15, 0.2) is 24.3 Å². The molecule has 4 nitrogen and oxygen atoms in total. The van der Waals surface area contributed by atoms with Gasteiger partial charge in [-0.15, -0.1) is 0 Å². The summed E-state index contributed by atoms with van der Waals surface area (Å²) >= 11 is 0. The summed E-state index contributed by atoms with van der Waals surface area (Å²) in [5, 5.41) is 9.45. The number of likely N-dealkylation sites (tertiary alicyclic amines) is 1. The maximum atomic E-state index is 12.5. The van der Waals surface area contributed by atoms with Gasteiger partial charge in [-0.25, -0.2) is 0 Å². The lowest BCUT2D eigenvalue weighted by Gasteiger charge is -2.35. The molecule has 0 aliphatic carbocycles. The van der Waals surface area contributed by atoms with E-state index in [0.29, 0.717) is 6.42 Å². The van der Waals surface area contributed by atoms with Gasteiger partial charge >= 0.3 is 0 Å². The minimum absolute atomic E-state index is 0.214. The Morgan fingerprint density at radius 2 is 2.00 bits per heavy atom. The van der Waals surface area contributed by atoms with Crippen LogP contribution in [-0.2, 0) is 17.8 Å². The SMILES string of the molecule is O=C(CCN1CCCCC1CO)N1CCc2ccccc2C1. The first kappa shape index (κ1) is 15.5. The summed E-state index contributed by atoms with van der Waals surface area (Å²) in [5.41, 5.74) is 2.66. The highest BCUT2D eigenvalue weighted by atomic mass is 16.3. The zero-order chi connectivity index (χ0) is 15.4. The molecule has 0 aromatic heterocycles. The van der Waals surface area contributed by atoms with E-state index < -0.39 is 0 Å². The zero-order valence-electron chi connectivity index (χ0n) is 13.2. The fourth-order valence-corrected chi connectivity index (χ4v) is 3.67. The summed E-state index contributed by atoms with van der Waals surface area (Å²) in [6.07, 6.45) is 4.96. The molecule has 1 aromatic carbocycles. The highest BCUT2D eigenvalue weighted by molar-refractivity contribution is 5.76. The number of aliphatic hydroxyl groups excluding tert-OH is 1. The quantitative estimate of drug-likeness (QED) is 0.922. The van der Waals surface area contributed by atoms with Crippen molar-refractivity contribution in [2.24, 2.45) is 0 Å². The summed E-state index contributed by atoms with van der Waals surface area (Å²) in [6.45, 7) is 3.59. The Morgan fingerprint density at radius 1 is 1.18 bits per heavy atom. The van der Waals surface area contributed by atoms with Crippen LogP contribution in [0.4, 0.5) is 0 Å². The molecule has 1 unspecified atom stereocenters. The number of nitrogens with zero attached hydrogens (tertiary/aromatic N) is 2. The maximum Gasteiger partial charge on any atom is 0.224 e. The Morgan fingerprint density at radius 3 is 2.82 bits per heavy atom. The molecule has 1 aromatic rings. The van der Waals surface area contributed by atoms with Gasteiger partial charge in [0.1, 0.15) is 0 Å². The Labute approximate surface area is 132 Å². The molecule has 120 valence electrons. The van der Waals surface area contributed by atoms with Crippen molar-refractivity contribution in [2.45, 2.75) is 44.7 Å². The molecule has 1 amide bonds. The third-order valence-corrected chi connectivity index (χ3v) is 5.06. The van der Waals surface area contributed by atoms with Crippen molar-refractivity contribution in [2.75, 3.05) is 26.2 Å². The van der Waals surface area contributed by atoms with Gasteiger partial charge in [0.2, 0.25) is 5.91 Å². The molecule has 2 aliphatic heterocycles. The first-order chi connectivity index (χ1) is 10.8. The second-order valence-electron chi connectivity index (χ2n) is 6.45. The van der Waals surface area contributed by atoms with E-state index in [1.165, 1.54) is 24.0 Å². The molecule has 22 heavy (non-hydrogen) atoms. The fourth-order valence-electron chi connectivity index (χ4n) is 3.67. The van der Waals surface area contributed by atoms with Crippen molar-refractivity contribution < 1.29 is 9.90 Å². The van der Waals surface area contributed by atoms with E-state index in [1.54, 1.807) is 0 Å². The number of rotatable bonds is 4. The maximum absolute atomic E-state index is 12.5. The summed E-state index contributed by atoms with van der Waals surface area (Å²) in [5.74, 6) is 0.247. The van der Waals surface area contributed by atoms with Gasteiger partial charge in [0.15, 0.2) is 0 Å². The molecule has 0 saturated carbocycles. The van der Waals surface area contributed by atoms with Crippen molar-refractivity contribution in [1.82, 2.24) is 9.80 Å². The average molecular weight is 302 g/mol. The summed E-state index contributed by atoms with van der Waals surface area (Å²) < 4.78 is 0. The number of hydrogen-bond acceptors (Lipinski definition) is 3. The standard InChI is InChI=1S/C18H26N2O2/c21-14-17-7-3-4-10-19(17)12-9-18(22)20-11-8-15-5-1-2-6-16(15)13-20/h1-2,5-6,17,21H,3-4,7-14H2. The molecule has 0 radical (unpaired) electrons. The monoisotopic (exact) mass is 302 g/mol. The lowest BCUT2D eigenvalue weighted by Crippen LogP contribution is -2.44. The highest BCUT2D eigenvalue weighted by Gasteiger charge is 2.24. The number of carbonyl (C=O) groups excluding carboxylic acids is 1. The molecule has 1 N–H and O–H groups in total. The van der Waals surface area contributed by atoms with E-state index in [4.69, 9.17) is 0 Å². The Bertz CT molecular complexity index is 518. The normalized spacial score (nSPS) is 22.4. The number of hydrogen-bond donors (Lipinski definition) is 1. The fraction of sp³-hybridized carbons (Fsp3) is 0.611. The van der Waals surface area contributed by atoms with E-state index in [-0.39, 0.29) is 18.6 Å². The van der Waals surface area contributed by atoms with Crippen molar-refractivity contribution in [1.29, 1.82) is 0 Å². The Balaban J connectivity index is 1.52. The predicted molar refractivity (Wildman–Crippen MR) is 86.5 cm³/mol. The number of benzene rings is 1. The first-order valence-electron chi connectivity index (χ1n) is 8.47. The van der Waals surface area contributed by atoms with Gasteiger partial charge in [-0.2, -0.15) is 0 Å². The van der Waals surface area contributed by atoms with Crippen LogP contribution in [-0.4, -0.2) is 53.1 Å². The molecular formula is C18H26N2O2. The molecule has 0 spiro atoms. The smallest absolute Gasteiger partial charge is 0.224 e. The van der Waals surface area contributed by atoms with Gasteiger partial charge in [0.05, 0.1) is 6.61 Å². The summed E-state index contributed by atoms with van der Waals surface area (Å²) in [7, 11) is 0. The van der Waals surface area contributed by atoms with Crippen molar-refractivity contribution in [3.63, 3.8) is 0 Å². The van der Waals surface area contributed by atoms with Gasteiger partial charge < -0.3 is 10.0 Å². The van der Waals surface area contributed by atoms with E-state index in [0.717, 1.165) is 39.0 Å². The number of piperidine rings is 1. The molecule has 0 bridgehead atoms. The number of carbonyl (C=O) groups is 1. The van der Waals surface area contributed by atoms with Crippen LogP contribution < -0.4 is 0 Å². The number of aliphatic hydroxyl groups is 1. The molecule has 3 rings (SSSR count). The second-order valence-corrected chi connectivity index (χ2v) is 6.45. The van der Waals surface area contributed by atoms with Crippen LogP contribution in [0.2, 0.25) is 0 Å². The first-order valence-corrected chi connectivity index (χ1v) is 8.47. The minimum atomic E-state index is 0.214. The zero-order valence-corrected chi connectivity index (χ0v) is 13.2. The lowest BCUT2D eigenvalue weighted by atomic mass is 9.99. The van der Waals surface area contributed by atoms with E-state index in [9.17, 15) is 9.90 Å². The molecule has 1 saturated heterocycles. The topological polar surface area (TPSA) is 43.8 Å². The third-order valence-electron chi connectivity index (χ3n) is 5.06. The predicted octanol–water partition coefficient (Wildman–Crippen LogP) is 1.81. The van der Waals surface area contributed by atoms with Crippen molar-refractivity contribution >= 4 is 5.91 Å². The van der Waals surface area contributed by atoms with E-state index in [2.05, 4.69) is 23.1 Å². The van der Waals surface area contributed by atoms with Crippen molar-refractivity contribution in [3.8, 4) is 0 Å². The van der Waals surface area contributed by atoms with Gasteiger partial charge in [0.25, 0.3) is 0 Å². The van der Waals surface area contributed by atoms with Crippen LogP contribution in [0.25, 0.3) is 0 Å². The largest absolute Gasteiger partial charge is 0.395 e. The van der Waals surface area contributed by atoms with E-state index >= 15 is 0 Å². The molecular weight excluding hydrogens is 276 g/mol. The van der Waals surface area contributed by atoms with Crippen LogP contribution in [0.3, 0.4) is 0 Å². The van der Waals surface area contributed by atoms with Crippen LogP contribution in [0.5, 0.6) is 0 Å². The number of amides is 1. The Hall–Kier alpha value is -1.39. The van der Waals surface area contributed by atoms with Crippen LogP contribution in [0, 0.1) is 0 Å².